The van der Waals surface area contributed by atoms with Gasteiger partial charge in [-0.15, -0.1) is 0 Å². The van der Waals surface area contributed by atoms with Gasteiger partial charge in [-0.05, 0) is 35.2 Å². The molecule has 3 aromatic rings. The van der Waals surface area contributed by atoms with Gasteiger partial charge in [0, 0.05) is 36.8 Å². The molecule has 2 heterocycles. The Morgan fingerprint density at radius 2 is 2.00 bits per heavy atom. The molecule has 1 fully saturated rings. The largest absolute Gasteiger partial charge is 0.497 e. The molecule has 2 aromatic carbocycles. The van der Waals surface area contributed by atoms with Crippen LogP contribution < -0.4 is 15.4 Å². The lowest BCUT2D eigenvalue weighted by molar-refractivity contribution is 0.123. The van der Waals surface area contributed by atoms with Gasteiger partial charge in [0.1, 0.15) is 5.75 Å². The quantitative estimate of drug-likeness (QED) is 0.780. The van der Waals surface area contributed by atoms with Crippen molar-refractivity contribution in [1.82, 2.24) is 9.97 Å². The van der Waals surface area contributed by atoms with E-state index in [0.29, 0.717) is 12.4 Å². The predicted molar refractivity (Wildman–Crippen MR) is 103 cm³/mol. The van der Waals surface area contributed by atoms with Crippen molar-refractivity contribution in [2.24, 2.45) is 0 Å². The number of benzene rings is 2. The van der Waals surface area contributed by atoms with E-state index >= 15 is 0 Å². The van der Waals surface area contributed by atoms with Gasteiger partial charge in [-0.2, -0.15) is 0 Å². The van der Waals surface area contributed by atoms with Crippen LogP contribution in [0.3, 0.4) is 0 Å². The van der Waals surface area contributed by atoms with Crippen LogP contribution in [0.15, 0.2) is 42.6 Å². The van der Waals surface area contributed by atoms with Crippen molar-refractivity contribution in [3.63, 3.8) is 0 Å². The lowest BCUT2D eigenvalue weighted by atomic mass is 10.0. The summed E-state index contributed by atoms with van der Waals surface area (Å²) in [4.78, 5) is 10.7. The average molecular weight is 350 g/mol. The number of aromatic nitrogens is 2. The highest BCUT2D eigenvalue weighted by atomic mass is 16.5. The third-order valence-corrected chi connectivity index (χ3v) is 4.67. The topological polar surface area (TPSA) is 73.5 Å². The van der Waals surface area contributed by atoms with Gasteiger partial charge in [0.2, 0.25) is 5.95 Å². The molecule has 134 valence electrons. The zero-order valence-electron chi connectivity index (χ0n) is 14.8. The van der Waals surface area contributed by atoms with E-state index in [1.165, 1.54) is 22.0 Å². The van der Waals surface area contributed by atoms with Gasteiger partial charge in [0.05, 0.1) is 26.0 Å². The van der Waals surface area contributed by atoms with Gasteiger partial charge >= 0.3 is 0 Å². The van der Waals surface area contributed by atoms with Crippen molar-refractivity contribution in [3.8, 4) is 5.75 Å². The minimum atomic E-state index is 0.307. The molecule has 6 nitrogen and oxygen atoms in total. The van der Waals surface area contributed by atoms with E-state index in [9.17, 15) is 0 Å². The number of nitrogen functional groups attached to an aromatic ring is 1. The maximum Gasteiger partial charge on any atom is 0.220 e. The first kappa shape index (κ1) is 16.6. The molecule has 1 aliphatic heterocycles. The molecule has 26 heavy (non-hydrogen) atoms. The first-order chi connectivity index (χ1) is 12.7. The number of anilines is 2. The Kier molecular flexibility index (Phi) is 4.58. The van der Waals surface area contributed by atoms with E-state index in [2.05, 4.69) is 39.1 Å². The zero-order valence-corrected chi connectivity index (χ0v) is 14.8. The fourth-order valence-electron chi connectivity index (χ4n) is 3.39. The molecule has 1 aromatic heterocycles. The predicted octanol–water partition coefficient (Wildman–Crippen LogP) is 2.65. The van der Waals surface area contributed by atoms with Crippen LogP contribution >= 0.6 is 0 Å². The molecule has 0 atom stereocenters. The summed E-state index contributed by atoms with van der Waals surface area (Å²) in [6, 6.07) is 12.6. The van der Waals surface area contributed by atoms with E-state index < -0.39 is 0 Å². The van der Waals surface area contributed by atoms with Crippen molar-refractivity contribution in [3.05, 3.63) is 53.9 Å². The van der Waals surface area contributed by atoms with Crippen LogP contribution in [-0.2, 0) is 11.2 Å². The summed E-state index contributed by atoms with van der Waals surface area (Å²) in [6.45, 7) is 3.27. The highest BCUT2D eigenvalue weighted by Crippen LogP contribution is 2.33. The molecular weight excluding hydrogens is 328 g/mol. The maximum absolute atomic E-state index is 5.72. The Morgan fingerprint density at radius 1 is 1.15 bits per heavy atom. The monoisotopic (exact) mass is 350 g/mol. The second-order valence-corrected chi connectivity index (χ2v) is 6.38. The van der Waals surface area contributed by atoms with Gasteiger partial charge in [-0.25, -0.2) is 9.97 Å². The number of morpholine rings is 1. The summed E-state index contributed by atoms with van der Waals surface area (Å²) in [6.07, 6.45) is 2.42. The fraction of sp³-hybridized carbons (Fsp3) is 0.300. The van der Waals surface area contributed by atoms with Crippen molar-refractivity contribution in [2.75, 3.05) is 44.0 Å². The highest BCUT2D eigenvalue weighted by Gasteiger charge is 2.16. The number of rotatable bonds is 4. The van der Waals surface area contributed by atoms with Crippen molar-refractivity contribution < 1.29 is 9.47 Å². The Labute approximate surface area is 152 Å². The van der Waals surface area contributed by atoms with Crippen LogP contribution in [0.2, 0.25) is 0 Å². The molecule has 6 heteroatoms. The number of ether oxygens (including phenoxy) is 2. The van der Waals surface area contributed by atoms with E-state index in [0.717, 1.165) is 37.7 Å². The van der Waals surface area contributed by atoms with Crippen LogP contribution in [0.5, 0.6) is 5.75 Å². The number of hydrogen-bond acceptors (Lipinski definition) is 6. The van der Waals surface area contributed by atoms with Gasteiger partial charge < -0.3 is 20.1 Å². The summed E-state index contributed by atoms with van der Waals surface area (Å²) >= 11 is 0. The summed E-state index contributed by atoms with van der Waals surface area (Å²) in [5.41, 5.74) is 9.04. The Balaban J connectivity index is 1.78. The SMILES string of the molecule is COc1ccc2cc(Cc3ccnc(N)n3)cc(N3CCOCC3)c2c1. The highest BCUT2D eigenvalue weighted by molar-refractivity contribution is 5.96. The van der Waals surface area contributed by atoms with Crippen LogP contribution in [0.1, 0.15) is 11.3 Å². The molecule has 1 aliphatic rings. The van der Waals surface area contributed by atoms with E-state index in [4.69, 9.17) is 15.2 Å². The number of nitrogens with zero attached hydrogens (tertiary/aromatic N) is 3. The molecule has 0 saturated carbocycles. The van der Waals surface area contributed by atoms with Crippen molar-refractivity contribution in [2.45, 2.75) is 6.42 Å². The second kappa shape index (κ2) is 7.17. The minimum Gasteiger partial charge on any atom is -0.497 e. The van der Waals surface area contributed by atoms with Gasteiger partial charge in [0.15, 0.2) is 0 Å². The molecule has 0 spiro atoms. The summed E-state index contributed by atoms with van der Waals surface area (Å²) in [7, 11) is 1.70. The lowest BCUT2D eigenvalue weighted by Crippen LogP contribution is -2.36. The van der Waals surface area contributed by atoms with Gasteiger partial charge in [-0.1, -0.05) is 12.1 Å². The Morgan fingerprint density at radius 3 is 2.77 bits per heavy atom. The normalized spacial score (nSPS) is 14.6. The van der Waals surface area contributed by atoms with E-state index in [1.807, 2.05) is 12.1 Å². The number of hydrogen-bond donors (Lipinski definition) is 1. The summed E-state index contributed by atoms with van der Waals surface area (Å²) < 4.78 is 10.9. The number of fused-ring (bicyclic) bond motifs is 1. The van der Waals surface area contributed by atoms with Crippen LogP contribution in [0, 0.1) is 0 Å². The molecule has 0 radical (unpaired) electrons. The molecule has 0 aliphatic carbocycles. The molecule has 0 unspecified atom stereocenters. The number of nitrogens with two attached hydrogens (primary N) is 1. The maximum atomic E-state index is 5.72. The summed E-state index contributed by atoms with van der Waals surface area (Å²) in [5, 5.41) is 2.38. The van der Waals surface area contributed by atoms with Crippen molar-refractivity contribution in [1.29, 1.82) is 0 Å². The molecule has 2 N–H and O–H groups in total. The Hall–Kier alpha value is -2.86. The molecule has 4 rings (SSSR count). The number of methoxy groups -OCH3 is 1. The Bertz CT molecular complexity index is 923. The average Bonchev–Trinajstić information content (AvgIpc) is 2.68. The van der Waals surface area contributed by atoms with E-state index in [-0.39, 0.29) is 0 Å². The van der Waals surface area contributed by atoms with E-state index in [1.54, 1.807) is 13.3 Å². The second-order valence-electron chi connectivity index (χ2n) is 6.38. The van der Waals surface area contributed by atoms with Gasteiger partial charge in [0.25, 0.3) is 0 Å². The van der Waals surface area contributed by atoms with Crippen molar-refractivity contribution >= 4 is 22.4 Å². The third-order valence-electron chi connectivity index (χ3n) is 4.67. The van der Waals surface area contributed by atoms with Gasteiger partial charge in [-0.3, -0.25) is 0 Å². The van der Waals surface area contributed by atoms with Crippen LogP contribution in [0.25, 0.3) is 10.8 Å². The lowest BCUT2D eigenvalue weighted by Gasteiger charge is -2.30. The smallest absolute Gasteiger partial charge is 0.220 e. The third kappa shape index (κ3) is 3.41. The molecule has 1 saturated heterocycles. The zero-order chi connectivity index (χ0) is 17.9. The first-order valence-electron chi connectivity index (χ1n) is 8.74. The van der Waals surface area contributed by atoms with Crippen LogP contribution in [0.4, 0.5) is 11.6 Å². The standard InChI is InChI=1S/C20H22N4O2/c1-25-17-3-2-15-10-14(11-16-4-5-22-20(21)23-16)12-19(18(15)13-17)24-6-8-26-9-7-24/h2-5,10,12-13H,6-9,11H2,1H3,(H2,21,22,23). The molecular formula is C20H22N4O2. The molecule has 0 amide bonds. The summed E-state index contributed by atoms with van der Waals surface area (Å²) in [5.74, 6) is 1.17. The van der Waals surface area contributed by atoms with Crippen LogP contribution in [-0.4, -0.2) is 43.4 Å². The fourth-order valence-corrected chi connectivity index (χ4v) is 3.39. The minimum absolute atomic E-state index is 0.307. The first-order valence-corrected chi connectivity index (χ1v) is 8.74. The molecule has 0 bridgehead atoms.